The number of halogens is 1. The molecule has 5 heteroatoms. The number of hydrogen-bond donors (Lipinski definition) is 1. The van der Waals surface area contributed by atoms with Crippen molar-refractivity contribution in [3.8, 4) is 5.75 Å². The van der Waals surface area contributed by atoms with E-state index in [0.29, 0.717) is 11.6 Å². The second kappa shape index (κ2) is 8.05. The third kappa shape index (κ3) is 5.40. The van der Waals surface area contributed by atoms with E-state index in [1.165, 1.54) is 0 Å². The lowest BCUT2D eigenvalue weighted by Crippen LogP contribution is -2.37. The average molecular weight is 308 g/mol. The monoisotopic (exact) mass is 307 g/mol. The third-order valence-electron chi connectivity index (χ3n) is 3.15. The van der Waals surface area contributed by atoms with E-state index in [-0.39, 0.29) is 6.04 Å². The fourth-order valence-corrected chi connectivity index (χ4v) is 2.30. The highest BCUT2D eigenvalue weighted by Gasteiger charge is 2.12. The van der Waals surface area contributed by atoms with Crippen LogP contribution in [0.3, 0.4) is 0 Å². The molecule has 0 aliphatic carbocycles. The quantitative estimate of drug-likeness (QED) is 0.814. The molecule has 1 aromatic heterocycles. The molecular formula is C16H22ClN3O. The number of hydrogen-bond acceptors (Lipinski definition) is 3. The first-order valence-corrected chi connectivity index (χ1v) is 7.65. The molecule has 2 rings (SSSR count). The van der Waals surface area contributed by atoms with Crippen molar-refractivity contribution in [1.29, 1.82) is 0 Å². The Morgan fingerprint density at radius 1 is 1.38 bits per heavy atom. The maximum atomic E-state index is 5.97. The number of nitrogens with one attached hydrogen (secondary N) is 1. The van der Waals surface area contributed by atoms with Crippen LogP contribution >= 0.6 is 11.6 Å². The average Bonchev–Trinajstić information content (AvgIpc) is 2.87. The lowest BCUT2D eigenvalue weighted by atomic mass is 10.1. The Bertz CT molecular complexity index is 556. The van der Waals surface area contributed by atoms with Crippen molar-refractivity contribution in [3.05, 3.63) is 47.2 Å². The molecule has 1 atom stereocenters. The Balaban J connectivity index is 1.92. The maximum absolute atomic E-state index is 5.97. The van der Waals surface area contributed by atoms with Gasteiger partial charge in [0, 0.05) is 30.7 Å². The zero-order chi connectivity index (χ0) is 15.1. The van der Waals surface area contributed by atoms with Gasteiger partial charge in [-0.25, -0.2) is 0 Å². The Kier molecular flexibility index (Phi) is 6.08. The van der Waals surface area contributed by atoms with Gasteiger partial charge in [0.1, 0.15) is 12.4 Å². The molecule has 0 fully saturated rings. The molecule has 114 valence electrons. The van der Waals surface area contributed by atoms with Crippen molar-refractivity contribution in [2.24, 2.45) is 7.05 Å². The van der Waals surface area contributed by atoms with Gasteiger partial charge in [-0.05, 0) is 37.2 Å². The number of rotatable bonds is 8. The van der Waals surface area contributed by atoms with Gasteiger partial charge in [0.15, 0.2) is 0 Å². The highest BCUT2D eigenvalue weighted by atomic mass is 35.5. The van der Waals surface area contributed by atoms with E-state index < -0.39 is 0 Å². The molecule has 0 amide bonds. The molecule has 1 aromatic carbocycles. The lowest BCUT2D eigenvalue weighted by Gasteiger charge is -2.18. The second-order valence-electron chi connectivity index (χ2n) is 5.10. The molecule has 0 bridgehead atoms. The van der Waals surface area contributed by atoms with Crippen molar-refractivity contribution >= 4 is 11.6 Å². The van der Waals surface area contributed by atoms with E-state index in [0.717, 1.165) is 30.8 Å². The van der Waals surface area contributed by atoms with Gasteiger partial charge in [-0.1, -0.05) is 24.6 Å². The number of aromatic nitrogens is 2. The van der Waals surface area contributed by atoms with Gasteiger partial charge < -0.3 is 10.1 Å². The minimum Gasteiger partial charge on any atom is -0.492 e. The van der Waals surface area contributed by atoms with Crippen molar-refractivity contribution in [2.45, 2.75) is 25.8 Å². The molecule has 1 N–H and O–H groups in total. The molecule has 2 aromatic rings. The highest BCUT2D eigenvalue weighted by molar-refractivity contribution is 6.30. The molecule has 0 saturated carbocycles. The molecular weight excluding hydrogens is 286 g/mol. The number of nitrogens with zero attached hydrogens (tertiary/aromatic N) is 2. The summed E-state index contributed by atoms with van der Waals surface area (Å²) in [5.41, 5.74) is 1.07. The van der Waals surface area contributed by atoms with Crippen LogP contribution < -0.4 is 10.1 Å². The minimum atomic E-state index is 0.235. The third-order valence-corrected chi connectivity index (χ3v) is 3.39. The molecule has 4 nitrogen and oxygen atoms in total. The van der Waals surface area contributed by atoms with Crippen LogP contribution in [-0.2, 0) is 13.5 Å². The Hall–Kier alpha value is -1.52. The summed E-state index contributed by atoms with van der Waals surface area (Å²) in [6.45, 7) is 3.72. The molecule has 1 unspecified atom stereocenters. The summed E-state index contributed by atoms with van der Waals surface area (Å²) < 4.78 is 7.67. The Morgan fingerprint density at radius 3 is 2.90 bits per heavy atom. The van der Waals surface area contributed by atoms with Gasteiger partial charge in [0.2, 0.25) is 0 Å². The summed E-state index contributed by atoms with van der Waals surface area (Å²) in [4.78, 5) is 0. The number of aryl methyl sites for hydroxylation is 1. The molecule has 0 saturated heterocycles. The fourth-order valence-electron chi connectivity index (χ4n) is 2.12. The fraction of sp³-hybridized carbons (Fsp3) is 0.438. The van der Waals surface area contributed by atoms with Gasteiger partial charge in [0.05, 0.1) is 5.69 Å². The van der Waals surface area contributed by atoms with Gasteiger partial charge in [-0.15, -0.1) is 0 Å². The zero-order valence-electron chi connectivity index (χ0n) is 12.6. The number of ether oxygens (including phenoxy) is 1. The SMILES string of the molecule is CCCNC(COc1cccc(Cl)c1)Cc1ccn(C)n1. The van der Waals surface area contributed by atoms with Crippen LogP contribution in [0.5, 0.6) is 5.75 Å². The van der Waals surface area contributed by atoms with Crippen LogP contribution in [0.2, 0.25) is 5.02 Å². The van der Waals surface area contributed by atoms with Crippen molar-refractivity contribution in [1.82, 2.24) is 15.1 Å². The maximum Gasteiger partial charge on any atom is 0.120 e. The van der Waals surface area contributed by atoms with Crippen LogP contribution in [0.15, 0.2) is 36.5 Å². The number of benzene rings is 1. The first-order chi connectivity index (χ1) is 10.2. The summed E-state index contributed by atoms with van der Waals surface area (Å²) in [5, 5.41) is 8.62. The lowest BCUT2D eigenvalue weighted by molar-refractivity contribution is 0.262. The Morgan fingerprint density at radius 2 is 2.24 bits per heavy atom. The second-order valence-corrected chi connectivity index (χ2v) is 5.54. The minimum absolute atomic E-state index is 0.235. The highest BCUT2D eigenvalue weighted by Crippen LogP contribution is 2.17. The van der Waals surface area contributed by atoms with Gasteiger partial charge >= 0.3 is 0 Å². The smallest absolute Gasteiger partial charge is 0.120 e. The van der Waals surface area contributed by atoms with Crippen LogP contribution in [0, 0.1) is 0 Å². The van der Waals surface area contributed by atoms with Crippen molar-refractivity contribution in [2.75, 3.05) is 13.2 Å². The first-order valence-electron chi connectivity index (χ1n) is 7.27. The van der Waals surface area contributed by atoms with E-state index >= 15 is 0 Å². The summed E-state index contributed by atoms with van der Waals surface area (Å²) in [7, 11) is 1.93. The van der Waals surface area contributed by atoms with E-state index in [4.69, 9.17) is 16.3 Å². The van der Waals surface area contributed by atoms with E-state index in [2.05, 4.69) is 17.3 Å². The van der Waals surface area contributed by atoms with Crippen LogP contribution in [0.1, 0.15) is 19.0 Å². The van der Waals surface area contributed by atoms with E-state index in [9.17, 15) is 0 Å². The summed E-state index contributed by atoms with van der Waals surface area (Å²) >= 11 is 5.97. The Labute approximate surface area is 131 Å². The summed E-state index contributed by atoms with van der Waals surface area (Å²) in [6, 6.07) is 9.77. The van der Waals surface area contributed by atoms with Crippen LogP contribution in [-0.4, -0.2) is 29.0 Å². The summed E-state index contributed by atoms with van der Waals surface area (Å²) in [6.07, 6.45) is 3.90. The largest absolute Gasteiger partial charge is 0.492 e. The molecule has 0 aliphatic heterocycles. The van der Waals surface area contributed by atoms with Gasteiger partial charge in [-0.3, -0.25) is 4.68 Å². The van der Waals surface area contributed by atoms with Gasteiger partial charge in [-0.2, -0.15) is 5.10 Å². The molecule has 21 heavy (non-hydrogen) atoms. The van der Waals surface area contributed by atoms with Crippen LogP contribution in [0.4, 0.5) is 0 Å². The van der Waals surface area contributed by atoms with Crippen LogP contribution in [0.25, 0.3) is 0 Å². The topological polar surface area (TPSA) is 39.1 Å². The predicted octanol–water partition coefficient (Wildman–Crippen LogP) is 3.06. The summed E-state index contributed by atoms with van der Waals surface area (Å²) in [5.74, 6) is 0.798. The molecule has 0 aliphatic rings. The van der Waals surface area contributed by atoms with Gasteiger partial charge in [0.25, 0.3) is 0 Å². The van der Waals surface area contributed by atoms with Crippen molar-refractivity contribution in [3.63, 3.8) is 0 Å². The molecule has 1 heterocycles. The molecule has 0 spiro atoms. The van der Waals surface area contributed by atoms with Crippen molar-refractivity contribution < 1.29 is 4.74 Å². The van der Waals surface area contributed by atoms with E-state index in [1.54, 1.807) is 0 Å². The first kappa shape index (κ1) is 15.9. The zero-order valence-corrected chi connectivity index (χ0v) is 13.3. The normalized spacial score (nSPS) is 12.3. The van der Waals surface area contributed by atoms with E-state index in [1.807, 2.05) is 48.3 Å². The standard InChI is InChI=1S/C16H22ClN3O/c1-3-8-18-15(11-14-7-9-20(2)19-14)12-21-16-6-4-5-13(17)10-16/h4-7,9-10,15,18H,3,8,11-12H2,1-2H3. The molecule has 0 radical (unpaired) electrons. The predicted molar refractivity (Wildman–Crippen MR) is 85.9 cm³/mol.